The molecule has 0 amide bonds. The lowest BCUT2D eigenvalue weighted by Gasteiger charge is -2.36. The maximum absolute atomic E-state index is 12.8. The van der Waals surface area contributed by atoms with E-state index in [0.29, 0.717) is 12.4 Å². The summed E-state index contributed by atoms with van der Waals surface area (Å²) in [5.74, 6) is 0.668. The zero-order valence-corrected chi connectivity index (χ0v) is 17.2. The molecule has 1 N–H and O–H groups in total. The molecule has 9 heteroatoms. The van der Waals surface area contributed by atoms with E-state index in [1.807, 2.05) is 25.1 Å². The van der Waals surface area contributed by atoms with Crippen LogP contribution in [0.1, 0.15) is 31.4 Å². The van der Waals surface area contributed by atoms with Crippen LogP contribution in [0.15, 0.2) is 22.7 Å². The summed E-state index contributed by atoms with van der Waals surface area (Å²) in [5.41, 5.74) is 0.826. The van der Waals surface area contributed by atoms with E-state index in [1.165, 1.54) is 0 Å². The molecule has 0 bridgehead atoms. The van der Waals surface area contributed by atoms with Crippen molar-refractivity contribution in [1.82, 2.24) is 10.2 Å². The molecular formula is C16H24BrCl2F3N2O. The molecule has 2 rings (SSSR count). The standard InChI is InChI=1S/C16H22BrF3N2O.2ClH/c1-2-23-15-4-3-12(17)11-13(15)14(5-6-16(18,19)20)22-9-7-21-8-10-22;;/h3-4,11,14,21H,2,5-10H2,1H3;2*1H/t14-;;/m0../s1. The van der Waals surface area contributed by atoms with Gasteiger partial charge in [-0.25, -0.2) is 0 Å². The molecule has 0 aromatic heterocycles. The molecule has 1 saturated heterocycles. The molecule has 0 radical (unpaired) electrons. The van der Waals surface area contributed by atoms with Crippen LogP contribution in [0.5, 0.6) is 5.75 Å². The minimum absolute atomic E-state index is 0. The SMILES string of the molecule is CCOc1ccc(Br)cc1[C@H](CCC(F)(F)F)N1CCNCC1.Cl.Cl. The number of nitrogens with zero attached hydrogens (tertiary/aromatic N) is 1. The van der Waals surface area contributed by atoms with Crippen LogP contribution in [0.25, 0.3) is 0 Å². The molecule has 1 aromatic rings. The number of rotatable bonds is 6. The zero-order chi connectivity index (χ0) is 16.9. The van der Waals surface area contributed by atoms with Crippen LogP contribution in [0.3, 0.4) is 0 Å². The smallest absolute Gasteiger partial charge is 0.389 e. The molecule has 25 heavy (non-hydrogen) atoms. The monoisotopic (exact) mass is 466 g/mol. The molecule has 0 unspecified atom stereocenters. The van der Waals surface area contributed by atoms with Gasteiger partial charge in [0, 0.05) is 48.7 Å². The summed E-state index contributed by atoms with van der Waals surface area (Å²) < 4.78 is 44.8. The zero-order valence-electron chi connectivity index (χ0n) is 13.9. The van der Waals surface area contributed by atoms with Gasteiger partial charge in [-0.1, -0.05) is 15.9 Å². The number of hydrogen-bond acceptors (Lipinski definition) is 3. The first-order chi connectivity index (χ1) is 10.9. The minimum atomic E-state index is -4.15. The van der Waals surface area contributed by atoms with Crippen LogP contribution in [0, 0.1) is 0 Å². The average Bonchev–Trinajstić information content (AvgIpc) is 2.50. The Morgan fingerprint density at radius 1 is 1.24 bits per heavy atom. The summed E-state index contributed by atoms with van der Waals surface area (Å²) in [4.78, 5) is 2.12. The maximum atomic E-state index is 12.8. The second-order valence-corrected chi connectivity index (χ2v) is 6.49. The quantitative estimate of drug-likeness (QED) is 0.638. The Labute approximate surface area is 167 Å². The van der Waals surface area contributed by atoms with Gasteiger partial charge >= 0.3 is 6.18 Å². The Kier molecular flexibility index (Phi) is 11.4. The maximum Gasteiger partial charge on any atom is 0.389 e. The van der Waals surface area contributed by atoms with Crippen LogP contribution in [-0.4, -0.2) is 43.9 Å². The molecule has 1 aromatic carbocycles. The van der Waals surface area contributed by atoms with E-state index in [-0.39, 0.29) is 37.3 Å². The van der Waals surface area contributed by atoms with Gasteiger partial charge in [0.1, 0.15) is 5.75 Å². The lowest BCUT2D eigenvalue weighted by Crippen LogP contribution is -2.45. The van der Waals surface area contributed by atoms with Gasteiger partial charge in [0.15, 0.2) is 0 Å². The lowest BCUT2D eigenvalue weighted by molar-refractivity contribution is -0.138. The van der Waals surface area contributed by atoms with Crippen molar-refractivity contribution in [2.24, 2.45) is 0 Å². The Hall–Kier alpha value is -0.210. The van der Waals surface area contributed by atoms with Crippen molar-refractivity contribution in [3.05, 3.63) is 28.2 Å². The van der Waals surface area contributed by atoms with E-state index in [1.54, 1.807) is 0 Å². The molecule has 1 fully saturated rings. The van der Waals surface area contributed by atoms with Gasteiger partial charge in [-0.15, -0.1) is 24.8 Å². The number of nitrogens with one attached hydrogen (secondary N) is 1. The molecule has 1 aliphatic heterocycles. The van der Waals surface area contributed by atoms with Crippen molar-refractivity contribution in [3.8, 4) is 5.75 Å². The number of halogens is 6. The van der Waals surface area contributed by atoms with Crippen molar-refractivity contribution in [3.63, 3.8) is 0 Å². The highest BCUT2D eigenvalue weighted by Crippen LogP contribution is 2.37. The number of benzene rings is 1. The Balaban J connectivity index is 0.00000288. The predicted octanol–water partition coefficient (Wildman–Crippen LogP) is 4.98. The normalized spacial score (nSPS) is 16.5. The van der Waals surface area contributed by atoms with Crippen LogP contribution in [-0.2, 0) is 0 Å². The first kappa shape index (κ1) is 24.8. The highest BCUT2D eigenvalue weighted by molar-refractivity contribution is 9.10. The summed E-state index contributed by atoms with van der Waals surface area (Å²) in [6.45, 7) is 5.42. The summed E-state index contributed by atoms with van der Waals surface area (Å²) in [6, 6.07) is 5.27. The van der Waals surface area contributed by atoms with E-state index in [9.17, 15) is 13.2 Å². The summed E-state index contributed by atoms with van der Waals surface area (Å²) >= 11 is 3.42. The van der Waals surface area contributed by atoms with Crippen LogP contribution in [0.4, 0.5) is 13.2 Å². The van der Waals surface area contributed by atoms with E-state index in [4.69, 9.17) is 4.74 Å². The molecule has 146 valence electrons. The minimum Gasteiger partial charge on any atom is -0.494 e. The van der Waals surface area contributed by atoms with Gasteiger partial charge in [-0.05, 0) is 31.5 Å². The number of piperazine rings is 1. The van der Waals surface area contributed by atoms with Crippen LogP contribution < -0.4 is 10.1 Å². The molecule has 0 saturated carbocycles. The largest absolute Gasteiger partial charge is 0.494 e. The fourth-order valence-corrected chi connectivity index (χ4v) is 3.27. The molecular weight excluding hydrogens is 444 g/mol. The predicted molar refractivity (Wildman–Crippen MR) is 102 cm³/mol. The highest BCUT2D eigenvalue weighted by Gasteiger charge is 2.32. The third-order valence-electron chi connectivity index (χ3n) is 3.92. The number of hydrogen-bond donors (Lipinski definition) is 1. The van der Waals surface area contributed by atoms with Gasteiger partial charge in [0.05, 0.1) is 6.61 Å². The fourth-order valence-electron chi connectivity index (χ4n) is 2.90. The molecule has 0 aliphatic carbocycles. The van der Waals surface area contributed by atoms with Crippen molar-refractivity contribution in [2.45, 2.75) is 32.0 Å². The first-order valence-electron chi connectivity index (χ1n) is 7.84. The van der Waals surface area contributed by atoms with Gasteiger partial charge in [0.25, 0.3) is 0 Å². The van der Waals surface area contributed by atoms with E-state index >= 15 is 0 Å². The van der Waals surface area contributed by atoms with E-state index in [2.05, 4.69) is 26.1 Å². The van der Waals surface area contributed by atoms with Gasteiger partial charge in [-0.2, -0.15) is 13.2 Å². The second-order valence-electron chi connectivity index (χ2n) is 5.57. The van der Waals surface area contributed by atoms with Gasteiger partial charge < -0.3 is 10.1 Å². The lowest BCUT2D eigenvalue weighted by atomic mass is 9.98. The molecule has 1 atom stereocenters. The Bertz CT molecular complexity index is 515. The second kappa shape index (κ2) is 11.5. The topological polar surface area (TPSA) is 24.5 Å². The molecule has 3 nitrogen and oxygen atoms in total. The highest BCUT2D eigenvalue weighted by atomic mass is 79.9. The fraction of sp³-hybridized carbons (Fsp3) is 0.625. The third kappa shape index (κ3) is 7.91. The van der Waals surface area contributed by atoms with Crippen molar-refractivity contribution < 1.29 is 17.9 Å². The molecule has 1 aliphatic rings. The first-order valence-corrected chi connectivity index (χ1v) is 8.64. The van der Waals surface area contributed by atoms with Crippen LogP contribution >= 0.6 is 40.7 Å². The Morgan fingerprint density at radius 3 is 2.44 bits per heavy atom. The number of ether oxygens (including phenoxy) is 1. The van der Waals surface area contributed by atoms with Crippen molar-refractivity contribution >= 4 is 40.7 Å². The van der Waals surface area contributed by atoms with E-state index in [0.717, 1.165) is 36.2 Å². The van der Waals surface area contributed by atoms with Gasteiger partial charge in [0.2, 0.25) is 0 Å². The molecule has 0 spiro atoms. The summed E-state index contributed by atoms with van der Waals surface area (Å²) in [6.07, 6.45) is -4.90. The van der Waals surface area contributed by atoms with E-state index < -0.39 is 12.6 Å². The Morgan fingerprint density at radius 2 is 1.88 bits per heavy atom. The average molecular weight is 468 g/mol. The van der Waals surface area contributed by atoms with Crippen LogP contribution in [0.2, 0.25) is 0 Å². The number of alkyl halides is 3. The molecule has 1 heterocycles. The summed E-state index contributed by atoms with van der Waals surface area (Å²) in [5, 5.41) is 3.24. The van der Waals surface area contributed by atoms with Gasteiger partial charge in [-0.3, -0.25) is 4.90 Å². The third-order valence-corrected chi connectivity index (χ3v) is 4.42. The van der Waals surface area contributed by atoms with Crippen molar-refractivity contribution in [2.75, 3.05) is 32.8 Å². The van der Waals surface area contributed by atoms with Crippen molar-refractivity contribution in [1.29, 1.82) is 0 Å². The summed E-state index contributed by atoms with van der Waals surface area (Å²) in [7, 11) is 0.